The Balaban J connectivity index is 1.98. The first-order valence-electron chi connectivity index (χ1n) is 6.77. The van der Waals surface area contributed by atoms with Gasteiger partial charge in [0.1, 0.15) is 10.0 Å². The zero-order valence-corrected chi connectivity index (χ0v) is 12.7. The van der Waals surface area contributed by atoms with Crippen molar-refractivity contribution in [1.82, 2.24) is 15.1 Å². The first-order valence-corrected chi connectivity index (χ1v) is 7.59. The van der Waals surface area contributed by atoms with Crippen LogP contribution in [-0.4, -0.2) is 21.6 Å². The maximum absolute atomic E-state index is 4.29. The number of aromatic nitrogens is 2. The Kier molecular flexibility index (Phi) is 5.05. The molecule has 0 atom stereocenters. The van der Waals surface area contributed by atoms with Crippen molar-refractivity contribution in [3.05, 3.63) is 45.9 Å². The van der Waals surface area contributed by atoms with Gasteiger partial charge in [0.25, 0.3) is 0 Å². The molecule has 19 heavy (non-hydrogen) atoms. The summed E-state index contributed by atoms with van der Waals surface area (Å²) in [6.45, 7) is 9.38. The largest absolute Gasteiger partial charge is 0.293 e. The molecule has 0 saturated heterocycles. The van der Waals surface area contributed by atoms with Crippen LogP contribution in [0.4, 0.5) is 0 Å². The normalized spacial score (nSPS) is 11.4. The first-order chi connectivity index (χ1) is 9.19. The summed E-state index contributed by atoms with van der Waals surface area (Å²) >= 11 is 1.73. The molecule has 4 heteroatoms. The number of hydrogen-bond donors (Lipinski definition) is 0. The molecule has 0 bridgehead atoms. The summed E-state index contributed by atoms with van der Waals surface area (Å²) in [5.41, 5.74) is 1.35. The molecule has 1 aromatic carbocycles. The van der Waals surface area contributed by atoms with Crippen molar-refractivity contribution in [1.29, 1.82) is 0 Å². The first kappa shape index (κ1) is 14.2. The van der Waals surface area contributed by atoms with Gasteiger partial charge in [-0.2, -0.15) is 0 Å². The van der Waals surface area contributed by atoms with Crippen molar-refractivity contribution in [2.75, 3.05) is 6.54 Å². The van der Waals surface area contributed by atoms with Crippen LogP contribution in [0.3, 0.4) is 0 Å². The van der Waals surface area contributed by atoms with E-state index in [-0.39, 0.29) is 0 Å². The van der Waals surface area contributed by atoms with Crippen LogP contribution in [0.5, 0.6) is 0 Å². The summed E-state index contributed by atoms with van der Waals surface area (Å²) < 4.78 is 0. The third-order valence-corrected chi connectivity index (χ3v) is 4.24. The molecule has 0 aliphatic heterocycles. The van der Waals surface area contributed by atoms with Gasteiger partial charge in [0.05, 0.1) is 6.54 Å². The Morgan fingerprint density at radius 1 is 1.11 bits per heavy atom. The lowest BCUT2D eigenvalue weighted by Crippen LogP contribution is -2.22. The fourth-order valence-electron chi connectivity index (χ4n) is 1.88. The number of hydrogen-bond acceptors (Lipinski definition) is 4. The van der Waals surface area contributed by atoms with Crippen molar-refractivity contribution in [2.45, 2.75) is 39.8 Å². The molecule has 2 rings (SSSR count). The van der Waals surface area contributed by atoms with Crippen molar-refractivity contribution in [3.63, 3.8) is 0 Å². The van der Waals surface area contributed by atoms with Crippen LogP contribution < -0.4 is 0 Å². The molecule has 102 valence electrons. The summed E-state index contributed by atoms with van der Waals surface area (Å²) in [7, 11) is 0. The van der Waals surface area contributed by atoms with Crippen molar-refractivity contribution in [3.8, 4) is 0 Å². The zero-order chi connectivity index (χ0) is 13.7. The van der Waals surface area contributed by atoms with Crippen LogP contribution in [0, 0.1) is 0 Å². The highest BCUT2D eigenvalue weighted by molar-refractivity contribution is 7.11. The van der Waals surface area contributed by atoms with Crippen molar-refractivity contribution >= 4 is 11.3 Å². The van der Waals surface area contributed by atoms with Crippen LogP contribution in [0.15, 0.2) is 30.3 Å². The van der Waals surface area contributed by atoms with E-state index in [1.807, 2.05) is 0 Å². The molecule has 0 aliphatic carbocycles. The zero-order valence-electron chi connectivity index (χ0n) is 11.8. The van der Waals surface area contributed by atoms with Crippen molar-refractivity contribution < 1.29 is 0 Å². The summed E-state index contributed by atoms with van der Waals surface area (Å²) in [5.74, 6) is 0.468. The fourth-order valence-corrected chi connectivity index (χ4v) is 2.76. The second-order valence-electron chi connectivity index (χ2n) is 4.98. The number of nitrogens with zero attached hydrogens (tertiary/aromatic N) is 3. The van der Waals surface area contributed by atoms with Crippen LogP contribution in [0.2, 0.25) is 0 Å². The van der Waals surface area contributed by atoms with Gasteiger partial charge in [-0.25, -0.2) is 0 Å². The average Bonchev–Trinajstić information content (AvgIpc) is 2.88. The van der Waals surface area contributed by atoms with E-state index < -0.39 is 0 Å². The average molecular weight is 275 g/mol. The molecule has 3 nitrogen and oxygen atoms in total. The maximum atomic E-state index is 4.29. The molecule has 0 fully saturated rings. The molecule has 2 aromatic rings. The van der Waals surface area contributed by atoms with Gasteiger partial charge < -0.3 is 0 Å². The molecule has 0 amide bonds. The van der Waals surface area contributed by atoms with E-state index >= 15 is 0 Å². The molecular weight excluding hydrogens is 254 g/mol. The summed E-state index contributed by atoms with van der Waals surface area (Å²) in [4.78, 5) is 2.39. The molecule has 0 aliphatic rings. The van der Waals surface area contributed by atoms with E-state index in [0.717, 1.165) is 29.6 Å². The molecule has 0 saturated carbocycles. The van der Waals surface area contributed by atoms with Gasteiger partial charge in [0.15, 0.2) is 0 Å². The standard InChI is InChI=1S/C15H21N3S/c1-4-18(10-13-8-6-5-7-9-13)11-14-16-17-15(19-14)12(2)3/h5-9,12H,4,10-11H2,1-3H3. The van der Waals surface area contributed by atoms with E-state index in [1.165, 1.54) is 5.56 Å². The second-order valence-corrected chi connectivity index (χ2v) is 6.07. The third kappa shape index (κ3) is 4.11. The Morgan fingerprint density at radius 3 is 2.42 bits per heavy atom. The topological polar surface area (TPSA) is 29.0 Å². The van der Waals surface area contributed by atoms with E-state index in [1.54, 1.807) is 11.3 Å². The molecule has 1 aromatic heterocycles. The lowest BCUT2D eigenvalue weighted by atomic mass is 10.2. The smallest absolute Gasteiger partial charge is 0.131 e. The SMILES string of the molecule is CCN(Cc1ccccc1)Cc1nnc(C(C)C)s1. The minimum absolute atomic E-state index is 0.468. The van der Waals surface area contributed by atoms with E-state index in [4.69, 9.17) is 0 Å². The van der Waals surface area contributed by atoms with E-state index in [9.17, 15) is 0 Å². The molecule has 0 spiro atoms. The predicted molar refractivity (Wildman–Crippen MR) is 80.2 cm³/mol. The van der Waals surface area contributed by atoms with Gasteiger partial charge in [0.2, 0.25) is 0 Å². The van der Waals surface area contributed by atoms with E-state index in [0.29, 0.717) is 5.92 Å². The van der Waals surface area contributed by atoms with E-state index in [2.05, 4.69) is 66.2 Å². The van der Waals surface area contributed by atoms with Crippen LogP contribution in [-0.2, 0) is 13.1 Å². The van der Waals surface area contributed by atoms with Gasteiger partial charge >= 0.3 is 0 Å². The summed E-state index contributed by atoms with van der Waals surface area (Å²) in [5, 5.41) is 10.8. The second kappa shape index (κ2) is 6.78. The lowest BCUT2D eigenvalue weighted by Gasteiger charge is -2.18. The van der Waals surface area contributed by atoms with Gasteiger partial charge in [-0.3, -0.25) is 4.90 Å². The Morgan fingerprint density at radius 2 is 1.84 bits per heavy atom. The maximum Gasteiger partial charge on any atom is 0.131 e. The highest BCUT2D eigenvalue weighted by atomic mass is 32.1. The Bertz CT molecular complexity index is 493. The number of benzene rings is 1. The van der Waals surface area contributed by atoms with Gasteiger partial charge in [-0.05, 0) is 12.1 Å². The van der Waals surface area contributed by atoms with Gasteiger partial charge in [-0.1, -0.05) is 62.4 Å². The molecule has 0 unspecified atom stereocenters. The number of rotatable bonds is 6. The van der Waals surface area contributed by atoms with Crippen molar-refractivity contribution in [2.24, 2.45) is 0 Å². The summed E-state index contributed by atoms with van der Waals surface area (Å²) in [6.07, 6.45) is 0. The highest BCUT2D eigenvalue weighted by Crippen LogP contribution is 2.20. The van der Waals surface area contributed by atoms with Gasteiger partial charge in [-0.15, -0.1) is 10.2 Å². The van der Waals surface area contributed by atoms with Gasteiger partial charge in [0, 0.05) is 12.5 Å². The summed E-state index contributed by atoms with van der Waals surface area (Å²) in [6, 6.07) is 10.6. The fraction of sp³-hybridized carbons (Fsp3) is 0.467. The molecule has 0 radical (unpaired) electrons. The monoisotopic (exact) mass is 275 g/mol. The van der Waals surface area contributed by atoms with Crippen LogP contribution >= 0.6 is 11.3 Å². The highest BCUT2D eigenvalue weighted by Gasteiger charge is 2.11. The molecule has 0 N–H and O–H groups in total. The Hall–Kier alpha value is -1.26. The quantitative estimate of drug-likeness (QED) is 0.805. The molecular formula is C15H21N3S. The predicted octanol–water partition coefficient (Wildman–Crippen LogP) is 3.68. The minimum atomic E-state index is 0.468. The van der Waals surface area contributed by atoms with Crippen LogP contribution in [0.25, 0.3) is 0 Å². The Labute approximate surface area is 119 Å². The molecule has 1 heterocycles. The van der Waals surface area contributed by atoms with Crippen LogP contribution in [0.1, 0.15) is 42.3 Å². The lowest BCUT2D eigenvalue weighted by molar-refractivity contribution is 0.270. The third-order valence-electron chi connectivity index (χ3n) is 3.03. The minimum Gasteiger partial charge on any atom is -0.293 e.